The van der Waals surface area contributed by atoms with Crippen LogP contribution >= 0.6 is 24.0 Å². The number of ether oxygens (including phenoxy) is 2. The summed E-state index contributed by atoms with van der Waals surface area (Å²) in [6.45, 7) is 0.819. The summed E-state index contributed by atoms with van der Waals surface area (Å²) in [7, 11) is 1.10. The molecule has 2 aromatic carbocycles. The Labute approximate surface area is 182 Å². The fraction of sp³-hybridized carbons (Fsp3) is 0.278. The van der Waals surface area contributed by atoms with E-state index in [1.54, 1.807) is 38.5 Å². The molecule has 0 saturated heterocycles. The Morgan fingerprint density at radius 1 is 1.04 bits per heavy atom. The van der Waals surface area contributed by atoms with Crippen LogP contribution in [0.2, 0.25) is 0 Å². The Hall–Kier alpha value is -2.05. The van der Waals surface area contributed by atoms with Crippen LogP contribution < -0.4 is 25.2 Å². The molecule has 0 aromatic heterocycles. The van der Waals surface area contributed by atoms with Crippen molar-refractivity contribution in [3.05, 3.63) is 53.6 Å². The van der Waals surface area contributed by atoms with Crippen LogP contribution in [0.15, 0.2) is 52.4 Å². The van der Waals surface area contributed by atoms with Gasteiger partial charge in [-0.25, -0.2) is 18.1 Å². The molecule has 28 heavy (non-hydrogen) atoms. The van der Waals surface area contributed by atoms with E-state index in [1.165, 1.54) is 7.05 Å². The summed E-state index contributed by atoms with van der Waals surface area (Å²) < 4.78 is 36.1. The second kappa shape index (κ2) is 11.1. The van der Waals surface area contributed by atoms with Crippen LogP contribution in [0, 0.1) is 0 Å². The SMILES string of the molecule is CNS(=O)(=O)c1ccc(CNC(N)=NCc2ccc(OC)c(OC)c2)cc1.I. The molecule has 0 aliphatic carbocycles. The molecular weight excluding hydrogens is 495 g/mol. The Balaban J connectivity index is 0.00000392. The molecule has 0 saturated carbocycles. The van der Waals surface area contributed by atoms with E-state index in [9.17, 15) is 8.42 Å². The molecule has 0 fully saturated rings. The lowest BCUT2D eigenvalue weighted by Crippen LogP contribution is -2.31. The van der Waals surface area contributed by atoms with Crippen LogP contribution in [0.3, 0.4) is 0 Å². The summed E-state index contributed by atoms with van der Waals surface area (Å²) in [6, 6.07) is 12.1. The Bertz CT molecular complexity index is 902. The molecule has 2 rings (SSSR count). The van der Waals surface area contributed by atoms with Crippen molar-refractivity contribution in [3.63, 3.8) is 0 Å². The first-order chi connectivity index (χ1) is 12.9. The number of hydrogen-bond donors (Lipinski definition) is 3. The van der Waals surface area contributed by atoms with Crippen molar-refractivity contribution in [1.29, 1.82) is 0 Å². The van der Waals surface area contributed by atoms with Gasteiger partial charge in [0.05, 0.1) is 25.7 Å². The zero-order chi connectivity index (χ0) is 19.9. The predicted molar refractivity (Wildman–Crippen MR) is 120 cm³/mol. The van der Waals surface area contributed by atoms with Gasteiger partial charge in [-0.15, -0.1) is 24.0 Å². The highest BCUT2D eigenvalue weighted by Crippen LogP contribution is 2.27. The van der Waals surface area contributed by atoms with E-state index >= 15 is 0 Å². The molecular formula is C18H25IN4O4S. The second-order valence-corrected chi connectivity index (χ2v) is 7.48. The van der Waals surface area contributed by atoms with Gasteiger partial charge in [0.15, 0.2) is 17.5 Å². The minimum Gasteiger partial charge on any atom is -0.493 e. The summed E-state index contributed by atoms with van der Waals surface area (Å²) in [6.07, 6.45) is 0. The summed E-state index contributed by atoms with van der Waals surface area (Å²) in [4.78, 5) is 4.50. The number of nitrogens with one attached hydrogen (secondary N) is 2. The lowest BCUT2D eigenvalue weighted by Gasteiger charge is -2.09. The number of nitrogens with zero attached hydrogens (tertiary/aromatic N) is 1. The number of hydrogen-bond acceptors (Lipinski definition) is 5. The molecule has 154 valence electrons. The van der Waals surface area contributed by atoms with Gasteiger partial charge < -0.3 is 20.5 Å². The third-order valence-corrected chi connectivity index (χ3v) is 5.29. The van der Waals surface area contributed by atoms with Crippen LogP contribution in [0.25, 0.3) is 0 Å². The second-order valence-electron chi connectivity index (χ2n) is 5.60. The van der Waals surface area contributed by atoms with Crippen LogP contribution in [0.1, 0.15) is 11.1 Å². The number of guanidine groups is 1. The van der Waals surface area contributed by atoms with Crippen molar-refractivity contribution >= 4 is 40.0 Å². The van der Waals surface area contributed by atoms with E-state index in [0.29, 0.717) is 24.6 Å². The number of aliphatic imine (C=N–C) groups is 1. The van der Waals surface area contributed by atoms with Crippen molar-refractivity contribution in [1.82, 2.24) is 10.0 Å². The van der Waals surface area contributed by atoms with Gasteiger partial charge >= 0.3 is 0 Å². The molecule has 0 amide bonds. The average molecular weight is 520 g/mol. The maximum atomic E-state index is 11.7. The molecule has 0 heterocycles. The van der Waals surface area contributed by atoms with Crippen molar-refractivity contribution in [3.8, 4) is 11.5 Å². The minimum absolute atomic E-state index is 0. The summed E-state index contributed by atoms with van der Waals surface area (Å²) in [5.74, 6) is 1.57. The third-order valence-electron chi connectivity index (χ3n) is 3.86. The molecule has 0 bridgehead atoms. The van der Waals surface area contributed by atoms with E-state index in [-0.39, 0.29) is 34.8 Å². The minimum atomic E-state index is -3.43. The molecule has 0 unspecified atom stereocenters. The fourth-order valence-electron chi connectivity index (χ4n) is 2.31. The highest BCUT2D eigenvalue weighted by molar-refractivity contribution is 14.0. The van der Waals surface area contributed by atoms with E-state index < -0.39 is 10.0 Å². The van der Waals surface area contributed by atoms with Gasteiger partial charge in [0.25, 0.3) is 0 Å². The van der Waals surface area contributed by atoms with Gasteiger partial charge in [0, 0.05) is 6.54 Å². The Morgan fingerprint density at radius 2 is 1.64 bits per heavy atom. The normalized spacial score (nSPS) is 11.5. The van der Waals surface area contributed by atoms with Gasteiger partial charge in [0.2, 0.25) is 10.0 Å². The van der Waals surface area contributed by atoms with Crippen molar-refractivity contribution in [2.45, 2.75) is 18.0 Å². The Morgan fingerprint density at radius 3 is 2.21 bits per heavy atom. The molecule has 0 atom stereocenters. The van der Waals surface area contributed by atoms with Gasteiger partial charge in [0.1, 0.15) is 0 Å². The van der Waals surface area contributed by atoms with Gasteiger partial charge in [-0.2, -0.15) is 0 Å². The molecule has 0 aliphatic rings. The zero-order valence-corrected chi connectivity index (χ0v) is 19.1. The van der Waals surface area contributed by atoms with Crippen molar-refractivity contribution in [2.75, 3.05) is 21.3 Å². The van der Waals surface area contributed by atoms with Crippen molar-refractivity contribution in [2.24, 2.45) is 10.7 Å². The number of halogens is 1. The van der Waals surface area contributed by atoms with E-state index in [4.69, 9.17) is 15.2 Å². The first kappa shape index (κ1) is 24.0. The van der Waals surface area contributed by atoms with Gasteiger partial charge in [-0.3, -0.25) is 0 Å². The molecule has 10 heteroatoms. The standard InChI is InChI=1S/C18H24N4O4S.HI/c1-20-27(23,24)15-7-4-13(5-8-15)11-21-18(19)22-12-14-6-9-16(25-2)17(10-14)26-3;/h4-10,20H,11-12H2,1-3H3,(H3,19,21,22);1H. The molecule has 4 N–H and O–H groups in total. The first-order valence-electron chi connectivity index (χ1n) is 8.16. The quantitative estimate of drug-likeness (QED) is 0.278. The third kappa shape index (κ3) is 6.53. The monoisotopic (exact) mass is 520 g/mol. The number of sulfonamides is 1. The zero-order valence-electron chi connectivity index (χ0n) is 15.9. The lowest BCUT2D eigenvalue weighted by molar-refractivity contribution is 0.354. The van der Waals surface area contributed by atoms with Gasteiger partial charge in [-0.1, -0.05) is 18.2 Å². The maximum absolute atomic E-state index is 11.7. The molecule has 2 aromatic rings. The molecule has 0 aliphatic heterocycles. The van der Waals surface area contributed by atoms with Crippen molar-refractivity contribution < 1.29 is 17.9 Å². The highest BCUT2D eigenvalue weighted by Gasteiger charge is 2.10. The number of rotatable bonds is 8. The summed E-state index contributed by atoms with van der Waals surface area (Å²) in [5.41, 5.74) is 7.71. The van der Waals surface area contributed by atoms with E-state index in [0.717, 1.165) is 11.1 Å². The molecule has 8 nitrogen and oxygen atoms in total. The summed E-state index contributed by atoms with van der Waals surface area (Å²) in [5, 5.41) is 3.00. The predicted octanol–water partition coefficient (Wildman–Crippen LogP) is 1.83. The maximum Gasteiger partial charge on any atom is 0.240 e. The van der Waals surface area contributed by atoms with Crippen LogP contribution in [0.4, 0.5) is 0 Å². The van der Waals surface area contributed by atoms with Gasteiger partial charge in [-0.05, 0) is 42.4 Å². The number of nitrogens with two attached hydrogens (primary N) is 1. The fourth-order valence-corrected chi connectivity index (χ4v) is 3.04. The van der Waals surface area contributed by atoms with E-state index in [1.807, 2.05) is 18.2 Å². The smallest absolute Gasteiger partial charge is 0.240 e. The van der Waals surface area contributed by atoms with Crippen LogP contribution in [-0.2, 0) is 23.1 Å². The molecule has 0 radical (unpaired) electrons. The lowest BCUT2D eigenvalue weighted by atomic mass is 10.2. The van der Waals surface area contributed by atoms with E-state index in [2.05, 4.69) is 15.0 Å². The van der Waals surface area contributed by atoms with Crippen LogP contribution in [-0.4, -0.2) is 35.6 Å². The Kier molecular flexibility index (Phi) is 9.49. The number of methoxy groups -OCH3 is 2. The average Bonchev–Trinajstić information content (AvgIpc) is 2.70. The number of benzene rings is 2. The molecule has 0 spiro atoms. The summed E-state index contributed by atoms with van der Waals surface area (Å²) >= 11 is 0. The highest BCUT2D eigenvalue weighted by atomic mass is 127. The topological polar surface area (TPSA) is 115 Å². The van der Waals surface area contributed by atoms with Crippen LogP contribution in [0.5, 0.6) is 11.5 Å². The first-order valence-corrected chi connectivity index (χ1v) is 9.65. The largest absolute Gasteiger partial charge is 0.493 e.